The standard InChI is InChI=1S/C27H22N2O6S2.Na/c30-20(14-18-12-7-13-36-18)28-21-24(31)29-22(19(26(32)33)15-37-25(21)29)27(34)35-23(16-8-3-1-4-9-16)17-10-5-2-6-11-17;/h1-13,15,21-23,25H,14H2,(H,28,30)(H,32,33);/q;+1/p-1/t21?,22?,25-;/m1./s1. The number of hydrogen-bond acceptors (Lipinski definition) is 8. The first-order valence-corrected chi connectivity index (χ1v) is 13.3. The Kier molecular flexibility index (Phi) is 9.11. The van der Waals surface area contributed by atoms with E-state index in [9.17, 15) is 24.3 Å². The van der Waals surface area contributed by atoms with E-state index in [0.717, 1.165) is 21.5 Å². The molecule has 188 valence electrons. The minimum atomic E-state index is -1.57. The number of hydrogen-bond donors (Lipinski definition) is 1. The van der Waals surface area contributed by atoms with Crippen LogP contribution in [0.4, 0.5) is 0 Å². The van der Waals surface area contributed by atoms with Crippen molar-refractivity contribution in [3.05, 3.63) is 105 Å². The maximum atomic E-state index is 13.5. The molecule has 38 heavy (non-hydrogen) atoms. The number of carboxylic acid groups (broad SMARTS) is 1. The molecule has 5 rings (SSSR count). The molecule has 8 nitrogen and oxygen atoms in total. The van der Waals surface area contributed by atoms with Crippen LogP contribution in [0.1, 0.15) is 22.1 Å². The number of nitrogens with zero attached hydrogens (tertiary/aromatic N) is 1. The smallest absolute Gasteiger partial charge is 0.545 e. The van der Waals surface area contributed by atoms with Crippen LogP contribution in [-0.2, 0) is 30.3 Å². The Balaban J connectivity index is 0.00000336. The van der Waals surface area contributed by atoms with Crippen molar-refractivity contribution in [2.75, 3.05) is 0 Å². The zero-order valence-corrected chi connectivity index (χ0v) is 23.9. The van der Waals surface area contributed by atoms with E-state index in [-0.39, 0.29) is 47.5 Å². The van der Waals surface area contributed by atoms with E-state index in [2.05, 4.69) is 5.32 Å². The van der Waals surface area contributed by atoms with E-state index < -0.39 is 41.4 Å². The molecule has 2 aliphatic heterocycles. The topological polar surface area (TPSA) is 116 Å². The van der Waals surface area contributed by atoms with Gasteiger partial charge in [-0.2, -0.15) is 0 Å². The second kappa shape index (κ2) is 12.3. The van der Waals surface area contributed by atoms with Crippen LogP contribution in [0.3, 0.4) is 0 Å². The van der Waals surface area contributed by atoms with Gasteiger partial charge in [-0.15, -0.1) is 23.1 Å². The Morgan fingerprint density at radius 3 is 2.16 bits per heavy atom. The molecule has 1 fully saturated rings. The summed E-state index contributed by atoms with van der Waals surface area (Å²) in [5.41, 5.74) is 1.02. The Bertz CT molecular complexity index is 1310. The number of thiophene rings is 1. The summed E-state index contributed by atoms with van der Waals surface area (Å²) < 4.78 is 5.87. The van der Waals surface area contributed by atoms with Gasteiger partial charge in [-0.1, -0.05) is 66.7 Å². The van der Waals surface area contributed by atoms with Crippen molar-refractivity contribution in [1.29, 1.82) is 0 Å². The van der Waals surface area contributed by atoms with Gasteiger partial charge in [-0.25, -0.2) is 4.79 Å². The molecule has 0 radical (unpaired) electrons. The summed E-state index contributed by atoms with van der Waals surface area (Å²) in [5, 5.41) is 17.1. The molecule has 0 bridgehead atoms. The molecule has 2 amide bonds. The minimum Gasteiger partial charge on any atom is -0.545 e. The Morgan fingerprint density at radius 2 is 1.61 bits per heavy atom. The van der Waals surface area contributed by atoms with Gasteiger partial charge in [0.1, 0.15) is 11.4 Å². The van der Waals surface area contributed by atoms with Gasteiger partial charge >= 0.3 is 35.5 Å². The van der Waals surface area contributed by atoms with E-state index in [4.69, 9.17) is 4.74 Å². The molecule has 11 heteroatoms. The molecular weight excluding hydrogens is 535 g/mol. The third-order valence-corrected chi connectivity index (χ3v) is 8.16. The quantitative estimate of drug-likeness (QED) is 0.216. The van der Waals surface area contributed by atoms with Crippen molar-refractivity contribution in [2.24, 2.45) is 0 Å². The molecule has 1 aromatic heterocycles. The van der Waals surface area contributed by atoms with E-state index in [1.165, 1.54) is 16.7 Å². The van der Waals surface area contributed by atoms with Crippen molar-refractivity contribution >= 4 is 46.9 Å². The summed E-state index contributed by atoms with van der Waals surface area (Å²) >= 11 is 2.48. The zero-order valence-electron chi connectivity index (χ0n) is 20.3. The summed E-state index contributed by atoms with van der Waals surface area (Å²) in [6.07, 6.45) is -0.691. The molecule has 0 spiro atoms. The molecule has 1 saturated heterocycles. The first-order chi connectivity index (χ1) is 17.9. The van der Waals surface area contributed by atoms with Crippen molar-refractivity contribution in [3.8, 4) is 0 Å². The van der Waals surface area contributed by atoms with Gasteiger partial charge in [0.05, 0.1) is 12.4 Å². The van der Waals surface area contributed by atoms with Crippen LogP contribution in [0.5, 0.6) is 0 Å². The van der Waals surface area contributed by atoms with Crippen LogP contribution in [0, 0.1) is 0 Å². The molecule has 1 N–H and O–H groups in total. The van der Waals surface area contributed by atoms with Gasteiger partial charge < -0.3 is 24.9 Å². The predicted octanol–water partition coefficient (Wildman–Crippen LogP) is -0.970. The van der Waals surface area contributed by atoms with Crippen molar-refractivity contribution in [3.63, 3.8) is 0 Å². The number of benzene rings is 2. The van der Waals surface area contributed by atoms with E-state index in [1.54, 1.807) is 48.5 Å². The van der Waals surface area contributed by atoms with E-state index in [0.29, 0.717) is 11.1 Å². The molecule has 2 aromatic carbocycles. The third-order valence-electron chi connectivity index (χ3n) is 6.12. The van der Waals surface area contributed by atoms with Crippen molar-refractivity contribution in [2.45, 2.75) is 30.0 Å². The fraction of sp³-hybridized carbons (Fsp3) is 0.185. The molecular formula is C27H21N2NaO6S2. The Morgan fingerprint density at radius 1 is 0.974 bits per heavy atom. The molecule has 2 unspecified atom stereocenters. The van der Waals surface area contributed by atoms with Crippen LogP contribution in [0.25, 0.3) is 0 Å². The van der Waals surface area contributed by atoms with Crippen molar-refractivity contribution in [1.82, 2.24) is 10.2 Å². The molecule has 0 saturated carbocycles. The Hall–Kier alpha value is -2.89. The average Bonchev–Trinajstić information content (AvgIpc) is 3.43. The van der Waals surface area contributed by atoms with E-state index in [1.807, 2.05) is 29.6 Å². The first kappa shape index (κ1) is 28.1. The SMILES string of the molecule is O=C(Cc1cccs1)NC1C(=O)N2C(C(=O)OC(c3ccccc3)c3ccccc3)C(C(=O)[O-])=CS[C@H]12.[Na+]. The molecule has 3 aromatic rings. The number of carboxylic acids is 1. The number of β-lactam (4-membered cyclic amide) rings is 1. The average molecular weight is 557 g/mol. The van der Waals surface area contributed by atoms with Gasteiger partial charge in [0.2, 0.25) is 11.8 Å². The normalized spacial score (nSPS) is 19.9. The summed E-state index contributed by atoms with van der Waals surface area (Å²) in [6.45, 7) is 0. The number of nitrogens with one attached hydrogen (secondary N) is 1. The summed E-state index contributed by atoms with van der Waals surface area (Å²) in [4.78, 5) is 53.0. The second-order valence-electron chi connectivity index (χ2n) is 8.47. The number of carbonyl (C=O) groups excluding carboxylic acids is 4. The van der Waals surface area contributed by atoms with Gasteiger partial charge in [0.15, 0.2) is 12.1 Å². The summed E-state index contributed by atoms with van der Waals surface area (Å²) in [5.74, 6) is -3.35. The molecule has 3 heterocycles. The van der Waals surface area contributed by atoms with Crippen LogP contribution >= 0.6 is 23.1 Å². The van der Waals surface area contributed by atoms with Gasteiger partial charge in [-0.3, -0.25) is 9.59 Å². The monoisotopic (exact) mass is 556 g/mol. The van der Waals surface area contributed by atoms with Gasteiger partial charge in [0, 0.05) is 10.5 Å². The largest absolute Gasteiger partial charge is 1.00 e. The van der Waals surface area contributed by atoms with Crippen LogP contribution in [0.2, 0.25) is 0 Å². The molecule has 2 aliphatic rings. The van der Waals surface area contributed by atoms with Crippen LogP contribution in [0.15, 0.2) is 89.2 Å². The van der Waals surface area contributed by atoms with Gasteiger partial charge in [0.25, 0.3) is 0 Å². The van der Waals surface area contributed by atoms with Gasteiger partial charge in [-0.05, 0) is 28.0 Å². The number of ether oxygens (including phenoxy) is 1. The zero-order chi connectivity index (χ0) is 25.9. The fourth-order valence-electron chi connectivity index (χ4n) is 4.36. The summed E-state index contributed by atoms with van der Waals surface area (Å²) in [6, 6.07) is 19.4. The second-order valence-corrected chi connectivity index (χ2v) is 10.5. The maximum absolute atomic E-state index is 13.5. The predicted molar refractivity (Wildman–Crippen MR) is 136 cm³/mol. The van der Waals surface area contributed by atoms with E-state index >= 15 is 0 Å². The third kappa shape index (κ3) is 5.74. The number of amides is 2. The van der Waals surface area contributed by atoms with Crippen molar-refractivity contribution < 1.29 is 58.6 Å². The first-order valence-electron chi connectivity index (χ1n) is 11.4. The number of esters is 1. The fourth-order valence-corrected chi connectivity index (χ4v) is 6.27. The maximum Gasteiger partial charge on any atom is 1.00 e. The summed E-state index contributed by atoms with van der Waals surface area (Å²) in [7, 11) is 0. The van der Waals surface area contributed by atoms with Crippen LogP contribution < -0.4 is 40.0 Å². The Labute approximate surface area is 249 Å². The van der Waals surface area contributed by atoms with Crippen LogP contribution in [-0.4, -0.2) is 46.1 Å². The number of fused-ring (bicyclic) bond motifs is 1. The number of rotatable bonds is 8. The molecule has 3 atom stereocenters. The number of carbonyl (C=O) groups is 4. The number of aliphatic carboxylic acids is 1. The number of thioether (sulfide) groups is 1. The minimum absolute atomic E-state index is 0. The molecule has 0 aliphatic carbocycles.